The van der Waals surface area contributed by atoms with Gasteiger partial charge in [-0.3, -0.25) is 10.1 Å². The van der Waals surface area contributed by atoms with Crippen molar-refractivity contribution in [3.63, 3.8) is 0 Å². The molecule has 7 heteroatoms. The molecule has 2 aliphatic rings. The molecule has 2 heterocycles. The second-order valence-corrected chi connectivity index (χ2v) is 10.4. The summed E-state index contributed by atoms with van der Waals surface area (Å²) < 4.78 is 0. The van der Waals surface area contributed by atoms with Crippen LogP contribution in [0.5, 0.6) is 0 Å². The summed E-state index contributed by atoms with van der Waals surface area (Å²) in [6.07, 6.45) is 5.17. The van der Waals surface area contributed by atoms with Crippen LogP contribution in [-0.2, 0) is 18.4 Å². The van der Waals surface area contributed by atoms with E-state index in [-0.39, 0.29) is 23.4 Å². The summed E-state index contributed by atoms with van der Waals surface area (Å²) in [5, 5.41) is 6.51. The molecular formula is C23H30N4O2S. The summed E-state index contributed by atoms with van der Waals surface area (Å²) in [6, 6.07) is 8.02. The van der Waals surface area contributed by atoms with Crippen LogP contribution in [0.4, 0.5) is 9.93 Å². The molecule has 1 aromatic heterocycles. The summed E-state index contributed by atoms with van der Waals surface area (Å²) >= 11 is 1.47. The fourth-order valence-electron chi connectivity index (χ4n) is 4.11. The van der Waals surface area contributed by atoms with Crippen LogP contribution in [0.3, 0.4) is 0 Å². The first-order valence-corrected chi connectivity index (χ1v) is 11.6. The number of anilines is 1. The Morgan fingerprint density at radius 3 is 2.50 bits per heavy atom. The van der Waals surface area contributed by atoms with Crippen molar-refractivity contribution in [2.45, 2.75) is 70.9 Å². The number of carbonyl (C=O) groups is 2. The van der Waals surface area contributed by atoms with Gasteiger partial charge in [0.15, 0.2) is 5.13 Å². The molecule has 1 saturated carbocycles. The molecule has 1 aliphatic heterocycles. The lowest BCUT2D eigenvalue weighted by molar-refractivity contribution is 0.0736. The number of hydrogen-bond donors (Lipinski definition) is 2. The van der Waals surface area contributed by atoms with Crippen molar-refractivity contribution in [3.05, 3.63) is 46.0 Å². The highest BCUT2D eigenvalue weighted by Crippen LogP contribution is 2.29. The maximum absolute atomic E-state index is 13.0. The Morgan fingerprint density at radius 2 is 1.83 bits per heavy atom. The first kappa shape index (κ1) is 20.8. The summed E-state index contributed by atoms with van der Waals surface area (Å²) in [7, 11) is 0. The zero-order valence-corrected chi connectivity index (χ0v) is 18.8. The Kier molecular flexibility index (Phi) is 5.82. The second kappa shape index (κ2) is 8.38. The fourth-order valence-corrected chi connectivity index (χ4v) is 5.13. The number of amides is 3. The van der Waals surface area contributed by atoms with E-state index in [1.165, 1.54) is 29.7 Å². The molecule has 0 spiro atoms. The minimum Gasteiger partial charge on any atom is -0.335 e. The van der Waals surface area contributed by atoms with Crippen LogP contribution in [0.15, 0.2) is 24.3 Å². The third-order valence-corrected chi connectivity index (χ3v) is 6.93. The molecule has 160 valence electrons. The number of carbonyl (C=O) groups excluding carboxylic acids is 2. The minimum absolute atomic E-state index is 0.0444. The molecule has 1 fully saturated rings. The van der Waals surface area contributed by atoms with Crippen molar-refractivity contribution in [3.8, 4) is 0 Å². The van der Waals surface area contributed by atoms with Crippen LogP contribution in [0.1, 0.15) is 72.9 Å². The van der Waals surface area contributed by atoms with E-state index in [4.69, 9.17) is 0 Å². The summed E-state index contributed by atoms with van der Waals surface area (Å²) in [6.45, 7) is 7.68. The van der Waals surface area contributed by atoms with Gasteiger partial charge in [0.1, 0.15) is 0 Å². The van der Waals surface area contributed by atoms with Gasteiger partial charge >= 0.3 is 6.03 Å². The van der Waals surface area contributed by atoms with Crippen LogP contribution in [0, 0.1) is 0 Å². The van der Waals surface area contributed by atoms with Gasteiger partial charge in [-0.1, -0.05) is 57.1 Å². The van der Waals surface area contributed by atoms with Gasteiger partial charge in [-0.15, -0.1) is 0 Å². The number of urea groups is 1. The van der Waals surface area contributed by atoms with E-state index >= 15 is 0 Å². The molecule has 3 amide bonds. The first-order chi connectivity index (χ1) is 14.3. The molecule has 0 unspecified atom stereocenters. The Labute approximate surface area is 182 Å². The van der Waals surface area contributed by atoms with E-state index in [2.05, 4.69) is 36.4 Å². The lowest BCUT2D eigenvalue weighted by Gasteiger charge is -2.26. The second-order valence-electron chi connectivity index (χ2n) is 9.27. The maximum atomic E-state index is 13.0. The molecule has 2 N–H and O–H groups in total. The quantitative estimate of drug-likeness (QED) is 0.747. The number of hydrogen-bond acceptors (Lipinski definition) is 4. The van der Waals surface area contributed by atoms with Crippen LogP contribution < -0.4 is 10.6 Å². The lowest BCUT2D eigenvalue weighted by Crippen LogP contribution is -2.36. The van der Waals surface area contributed by atoms with E-state index in [1.807, 2.05) is 29.2 Å². The average Bonchev–Trinajstić information content (AvgIpc) is 3.35. The zero-order chi connectivity index (χ0) is 21.3. The Bertz CT molecular complexity index is 924. The largest absolute Gasteiger partial charge is 0.335 e. The number of rotatable bonds is 3. The number of benzene rings is 1. The predicted molar refractivity (Wildman–Crippen MR) is 120 cm³/mol. The van der Waals surface area contributed by atoms with Gasteiger partial charge in [-0.05, 0) is 36.0 Å². The van der Waals surface area contributed by atoms with Gasteiger partial charge < -0.3 is 10.2 Å². The van der Waals surface area contributed by atoms with E-state index in [0.717, 1.165) is 23.4 Å². The highest BCUT2D eigenvalue weighted by atomic mass is 32.1. The van der Waals surface area contributed by atoms with Gasteiger partial charge in [0, 0.05) is 29.4 Å². The molecule has 1 aliphatic carbocycles. The molecule has 0 atom stereocenters. The Morgan fingerprint density at radius 1 is 1.13 bits per heavy atom. The first-order valence-electron chi connectivity index (χ1n) is 10.8. The number of aromatic nitrogens is 1. The number of fused-ring (bicyclic) bond motifs is 1. The van der Waals surface area contributed by atoms with Gasteiger partial charge in [-0.2, -0.15) is 0 Å². The molecule has 4 rings (SSSR count). The summed E-state index contributed by atoms with van der Waals surface area (Å²) in [5.41, 5.74) is 2.99. The van der Waals surface area contributed by atoms with Crippen LogP contribution in [0.2, 0.25) is 0 Å². The van der Waals surface area contributed by atoms with Crippen LogP contribution in [-0.4, -0.2) is 34.4 Å². The topological polar surface area (TPSA) is 74.3 Å². The van der Waals surface area contributed by atoms with Crippen molar-refractivity contribution in [1.29, 1.82) is 0 Å². The highest BCUT2D eigenvalue weighted by Gasteiger charge is 2.26. The number of thiazole rings is 1. The molecule has 0 radical (unpaired) electrons. The Balaban J connectivity index is 1.38. The van der Waals surface area contributed by atoms with Gasteiger partial charge in [0.2, 0.25) is 0 Å². The van der Waals surface area contributed by atoms with E-state index in [1.54, 1.807) is 0 Å². The van der Waals surface area contributed by atoms with Crippen LogP contribution in [0.25, 0.3) is 0 Å². The summed E-state index contributed by atoms with van der Waals surface area (Å²) in [5.74, 6) is 0.0444. The molecule has 1 aromatic carbocycles. The molecule has 6 nitrogen and oxygen atoms in total. The fraction of sp³-hybridized carbons (Fsp3) is 0.522. The van der Waals surface area contributed by atoms with Gasteiger partial charge in [0.25, 0.3) is 5.91 Å². The van der Waals surface area contributed by atoms with Crippen molar-refractivity contribution >= 4 is 28.4 Å². The Hall–Kier alpha value is -2.41. The molecule has 30 heavy (non-hydrogen) atoms. The lowest BCUT2D eigenvalue weighted by atomic mass is 9.86. The highest BCUT2D eigenvalue weighted by molar-refractivity contribution is 7.15. The average molecular weight is 427 g/mol. The van der Waals surface area contributed by atoms with Gasteiger partial charge in [-0.25, -0.2) is 9.78 Å². The minimum atomic E-state index is -0.181. The molecular weight excluding hydrogens is 396 g/mol. The molecule has 2 aromatic rings. The van der Waals surface area contributed by atoms with E-state index < -0.39 is 0 Å². The zero-order valence-electron chi connectivity index (χ0n) is 18.0. The van der Waals surface area contributed by atoms with Gasteiger partial charge in [0.05, 0.1) is 12.2 Å². The van der Waals surface area contributed by atoms with Crippen molar-refractivity contribution in [1.82, 2.24) is 15.2 Å². The molecule has 0 bridgehead atoms. The van der Waals surface area contributed by atoms with Crippen molar-refractivity contribution in [2.24, 2.45) is 0 Å². The molecule has 0 saturated heterocycles. The summed E-state index contributed by atoms with van der Waals surface area (Å²) in [4.78, 5) is 32.7. The number of nitrogens with one attached hydrogen (secondary N) is 2. The smallest absolute Gasteiger partial charge is 0.321 e. The number of nitrogens with zero attached hydrogens (tertiary/aromatic N) is 2. The monoisotopic (exact) mass is 426 g/mol. The van der Waals surface area contributed by atoms with Crippen molar-refractivity contribution in [2.75, 3.05) is 11.9 Å². The predicted octanol–water partition coefficient (Wildman–Crippen LogP) is 4.70. The van der Waals surface area contributed by atoms with E-state index in [9.17, 15) is 9.59 Å². The SMILES string of the molecule is CC(C)(C)c1ccc(C(=O)N2CCc3nc(NC(=O)NC4CCCC4)sc3C2)cc1. The van der Waals surface area contributed by atoms with Crippen LogP contribution >= 0.6 is 11.3 Å². The maximum Gasteiger partial charge on any atom is 0.321 e. The third kappa shape index (κ3) is 4.67. The van der Waals surface area contributed by atoms with E-state index in [0.29, 0.717) is 30.2 Å². The third-order valence-electron chi connectivity index (χ3n) is 5.93. The van der Waals surface area contributed by atoms with Crippen molar-refractivity contribution < 1.29 is 9.59 Å². The normalized spacial score (nSPS) is 17.0. The standard InChI is InChI=1S/C23H30N4O2S/c1-23(2,3)16-10-8-15(9-11-16)20(28)27-13-12-18-19(14-27)30-22(25-18)26-21(29)24-17-6-4-5-7-17/h8-11,17H,4-7,12-14H2,1-3H3,(H2,24,25,26,29).